The highest BCUT2D eigenvalue weighted by atomic mass is 16.7. The lowest BCUT2D eigenvalue weighted by molar-refractivity contribution is -0.277. The Hall–Kier alpha value is -11.5. The van der Waals surface area contributed by atoms with Crippen LogP contribution in [-0.2, 0) is 191 Å². The van der Waals surface area contributed by atoms with E-state index in [1.54, 1.807) is 0 Å². The van der Waals surface area contributed by atoms with Crippen LogP contribution in [0.15, 0.2) is 0 Å². The average Bonchev–Trinajstić information content (AvgIpc) is 0.801. The van der Waals surface area contributed by atoms with Gasteiger partial charge in [0.15, 0.2) is 61.7 Å². The van der Waals surface area contributed by atoms with Crippen molar-refractivity contribution in [3.8, 4) is 0 Å². The number of aliphatic carboxylic acids is 1. The summed E-state index contributed by atoms with van der Waals surface area (Å²) in [7, 11) is 0. The summed E-state index contributed by atoms with van der Waals surface area (Å²) in [6, 6.07) is -4.82. The molecule has 0 aromatic carbocycles. The van der Waals surface area contributed by atoms with Crippen LogP contribution in [0.3, 0.4) is 0 Å². The fourth-order valence-electron chi connectivity index (χ4n) is 16.0. The van der Waals surface area contributed by atoms with Gasteiger partial charge in [0, 0.05) is 200 Å². The summed E-state index contributed by atoms with van der Waals surface area (Å²) in [4.78, 5) is 264. The first-order valence-corrected chi connectivity index (χ1v) is 49.8. The Kier molecular flexibility index (Phi) is 62.5. The summed E-state index contributed by atoms with van der Waals surface area (Å²) in [6.07, 6.45) is -12.6. The largest absolute Gasteiger partial charge is 0.481 e. The molecule has 4 saturated heterocycles. The van der Waals surface area contributed by atoms with Crippen LogP contribution < -0.4 is 58.5 Å². The van der Waals surface area contributed by atoms with Crippen LogP contribution >= 0.6 is 0 Å². The monoisotopic (exact) mass is 2100 g/mol. The van der Waals surface area contributed by atoms with Crippen molar-refractivity contribution in [1.29, 1.82) is 0 Å². The zero-order chi connectivity index (χ0) is 109. The van der Waals surface area contributed by atoms with E-state index in [9.17, 15) is 101 Å². The van der Waals surface area contributed by atoms with E-state index in [0.717, 1.165) is 94.4 Å². The number of carbonyl (C=O) groups is 21. The maximum atomic E-state index is 14.0. The van der Waals surface area contributed by atoms with Crippen molar-refractivity contribution in [2.24, 2.45) is 0 Å². The SMILES string of the molecule is CC(=O)N[C@@H]1[C@@H](OCCC(=O)NCCCNC(=O)CCCCO[C@@H]2O[C@H](COC(C)=O)[C@H](OC(C)=O)[C@H](OC(C)=O)[C@H]2NC(C)=O)[C@H](OCCC(=O)NCCCNC(=O)CCCCO[C@@H]2O[C@H](COC(C)=O)[C@H](OC(C)=O)[C@H](OC(C)=O)[C@H]2NC(C)=O)[C@@H](COCCC(=O)NCCCNC(=O)CCCCO[C@@H]2O[C@H](COC(C)=O)[C@H](OC(C)=O)[C@H](OC(C)=O)[C@H]2NC(C)=O)O[C@H]1NC(=O)CCCCCCCCCCC(=O)O. The van der Waals surface area contributed by atoms with Gasteiger partial charge in [0.05, 0.1) is 26.4 Å². The Bertz CT molecular complexity index is 4210. The molecule has 0 spiro atoms. The van der Waals surface area contributed by atoms with Gasteiger partial charge in [0.1, 0.15) is 80.6 Å². The van der Waals surface area contributed by atoms with Gasteiger partial charge in [-0.25, -0.2) is 0 Å². The summed E-state index contributed by atoms with van der Waals surface area (Å²) < 4.78 is 110. The normalized spacial score (nSPS) is 23.4. The van der Waals surface area contributed by atoms with Crippen LogP contribution in [0.2, 0.25) is 0 Å². The van der Waals surface area contributed by atoms with Crippen molar-refractivity contribution >= 4 is 125 Å². The minimum atomic E-state index is -1.35. The van der Waals surface area contributed by atoms with E-state index in [4.69, 9.17) is 95.1 Å². The van der Waals surface area contributed by atoms with E-state index < -0.39 is 249 Å². The third kappa shape index (κ3) is 54.8. The van der Waals surface area contributed by atoms with Crippen molar-refractivity contribution in [1.82, 2.24) is 58.5 Å². The second kappa shape index (κ2) is 71.9. The van der Waals surface area contributed by atoms with Crippen LogP contribution in [0.4, 0.5) is 0 Å². The quantitative estimate of drug-likeness (QED) is 0.0211. The van der Waals surface area contributed by atoms with Crippen LogP contribution in [-0.4, -0.2) is 358 Å². The lowest BCUT2D eigenvalue weighted by atomic mass is 9.94. The molecular weight excluding hydrogens is 1950 g/mol. The first-order valence-electron chi connectivity index (χ1n) is 49.8. The molecule has 0 saturated carbocycles. The molecule has 52 heteroatoms. The van der Waals surface area contributed by atoms with Crippen molar-refractivity contribution < 1.29 is 196 Å². The summed E-state index contributed by atoms with van der Waals surface area (Å²) in [5.74, 6) is -12.8. The smallest absolute Gasteiger partial charge is 0.303 e. The second-order valence-corrected chi connectivity index (χ2v) is 35.4. The standard InChI is InChI=1S/C95H153N11O41/c1-55(107)102-80-88(131-50-38-77(125)101-44-30-41-98-74(122)33-24-27-47-134-95-83(105-58(4)110)91(143-67(13)119)87(140-64(10)116)71(147-95)54-137-61(7)113)84(130-49-37-76(124)100-43-29-40-97-73(121)32-23-26-46-133-94-82(104-57(3)109)90(142-66(12)118)86(139-63(9)115)70(146-94)53-136-60(6)112)68(144-92(80)106-78(126)34-20-18-16-14-15-17-19-21-35-79(127)128)51-129-48-36-75(123)99-42-28-39-96-72(120)31-22-25-45-132-93-81(103-56(2)108)89(141-65(11)117)85(138-62(8)114)69(145-93)52-135-59(5)111/h68-71,80-95H,14-54H2,1-13H3,(H,96,120)(H,97,121)(H,98,122)(H,99,123)(H,100,124)(H,101,125)(H,102,107)(H,103,108)(H,104,109)(H,105,110)(H,106,126)(H,127,128)/t68-,69-,70-,71-,80-,81-,82-,83-,84-,85+,86+,87+,88-,89-,90-,91-,92-,93-,94-,95-/m1/s1. The average molecular weight is 2110 g/mol. The molecule has 0 aromatic heterocycles. The molecule has 4 aliphatic rings. The summed E-state index contributed by atoms with van der Waals surface area (Å²) in [6.45, 7) is 13.0. The molecule has 4 fully saturated rings. The third-order valence-electron chi connectivity index (χ3n) is 22.4. The number of esters is 9. The molecule has 0 bridgehead atoms. The Morgan fingerprint density at radius 3 is 0.782 bits per heavy atom. The molecule has 0 aromatic rings. The van der Waals surface area contributed by atoms with E-state index in [2.05, 4.69) is 58.5 Å². The van der Waals surface area contributed by atoms with Gasteiger partial charge >= 0.3 is 59.7 Å². The number of carboxylic acid groups (broad SMARTS) is 1. The number of ether oxygens (including phenoxy) is 19. The van der Waals surface area contributed by atoms with Crippen molar-refractivity contribution in [2.45, 2.75) is 373 Å². The topological polar surface area (TPSA) is 686 Å². The summed E-state index contributed by atoms with van der Waals surface area (Å²) in [5.41, 5.74) is 0. The molecule has 147 heavy (non-hydrogen) atoms. The van der Waals surface area contributed by atoms with Crippen molar-refractivity contribution in [2.75, 3.05) is 105 Å². The molecule has 0 unspecified atom stereocenters. The van der Waals surface area contributed by atoms with Gasteiger partial charge in [0.2, 0.25) is 65.0 Å². The van der Waals surface area contributed by atoms with Gasteiger partial charge in [-0.3, -0.25) is 101 Å². The first kappa shape index (κ1) is 128. The molecule has 11 amide bonds. The number of carbonyl (C=O) groups excluding carboxylic acids is 20. The molecule has 0 aliphatic carbocycles. The summed E-state index contributed by atoms with van der Waals surface area (Å²) >= 11 is 0. The molecule has 20 atom stereocenters. The Morgan fingerprint density at radius 2 is 0.483 bits per heavy atom. The molecule has 12 N–H and O–H groups in total. The molecule has 4 aliphatic heterocycles. The fraction of sp³-hybridized carbons (Fsp3) is 0.779. The van der Waals surface area contributed by atoms with Crippen LogP contribution in [0, 0.1) is 0 Å². The molecule has 4 rings (SSSR count). The maximum Gasteiger partial charge on any atom is 0.303 e. The predicted octanol–water partition coefficient (Wildman–Crippen LogP) is -0.328. The van der Waals surface area contributed by atoms with Crippen molar-refractivity contribution in [3.05, 3.63) is 0 Å². The van der Waals surface area contributed by atoms with Gasteiger partial charge < -0.3 is 154 Å². The molecule has 0 radical (unpaired) electrons. The maximum absolute atomic E-state index is 14.0. The van der Waals surface area contributed by atoms with E-state index in [1.807, 2.05) is 0 Å². The van der Waals surface area contributed by atoms with Gasteiger partial charge in [-0.15, -0.1) is 0 Å². The summed E-state index contributed by atoms with van der Waals surface area (Å²) in [5, 5.41) is 39.3. The zero-order valence-electron chi connectivity index (χ0n) is 86.3. The molecule has 52 nitrogen and oxygen atoms in total. The highest BCUT2D eigenvalue weighted by Crippen LogP contribution is 2.34. The molecule has 4 heterocycles. The third-order valence-corrected chi connectivity index (χ3v) is 22.4. The number of amides is 11. The zero-order valence-corrected chi connectivity index (χ0v) is 86.3. The number of hydrogen-bond acceptors (Lipinski definition) is 40. The van der Waals surface area contributed by atoms with Crippen LogP contribution in [0.5, 0.6) is 0 Å². The highest BCUT2D eigenvalue weighted by Gasteiger charge is 2.56. The van der Waals surface area contributed by atoms with Gasteiger partial charge in [-0.1, -0.05) is 38.5 Å². The Labute approximate surface area is 853 Å². The molecule has 834 valence electrons. The predicted molar refractivity (Wildman–Crippen MR) is 506 cm³/mol. The van der Waals surface area contributed by atoms with Crippen LogP contribution in [0.25, 0.3) is 0 Å². The number of carboxylic acids is 1. The lowest BCUT2D eigenvalue weighted by Gasteiger charge is -2.46. The van der Waals surface area contributed by atoms with E-state index in [-0.39, 0.29) is 180 Å². The number of nitrogens with one attached hydrogen (secondary N) is 11. The number of hydrogen-bond donors (Lipinski definition) is 12. The first-order chi connectivity index (χ1) is 69.9. The highest BCUT2D eigenvalue weighted by molar-refractivity contribution is 5.81. The molecular formula is C95H153N11O41. The fourth-order valence-corrected chi connectivity index (χ4v) is 16.0. The van der Waals surface area contributed by atoms with Gasteiger partial charge in [-0.05, 0) is 70.6 Å². The Balaban J connectivity index is 1.45. The van der Waals surface area contributed by atoms with Gasteiger partial charge in [-0.2, -0.15) is 0 Å². The minimum absolute atomic E-state index is 0.0256. The number of rotatable bonds is 71. The number of unbranched alkanes of at least 4 members (excludes halogenated alkanes) is 10. The van der Waals surface area contributed by atoms with E-state index in [0.29, 0.717) is 51.4 Å². The van der Waals surface area contributed by atoms with E-state index >= 15 is 0 Å². The van der Waals surface area contributed by atoms with Gasteiger partial charge in [0.25, 0.3) is 0 Å². The van der Waals surface area contributed by atoms with E-state index in [1.165, 1.54) is 27.7 Å². The van der Waals surface area contributed by atoms with Crippen molar-refractivity contribution in [3.63, 3.8) is 0 Å². The Morgan fingerprint density at radius 1 is 0.224 bits per heavy atom. The minimum Gasteiger partial charge on any atom is -0.481 e. The second-order valence-electron chi connectivity index (χ2n) is 35.4. The lowest BCUT2D eigenvalue weighted by Crippen LogP contribution is -2.69. The van der Waals surface area contributed by atoms with Crippen LogP contribution in [0.1, 0.15) is 251 Å².